The van der Waals surface area contributed by atoms with Gasteiger partial charge in [0.2, 0.25) is 5.95 Å². The summed E-state index contributed by atoms with van der Waals surface area (Å²) in [7, 11) is 0. The van der Waals surface area contributed by atoms with Crippen molar-refractivity contribution < 1.29 is 9.53 Å². The molecule has 0 saturated carbocycles. The molecule has 4 rings (SSSR count). The van der Waals surface area contributed by atoms with E-state index in [0.717, 1.165) is 28.1 Å². The number of carbonyl (C=O) groups excluding carboxylic acids is 1. The second-order valence-electron chi connectivity index (χ2n) is 5.78. The summed E-state index contributed by atoms with van der Waals surface area (Å²) in [6.45, 7) is 4.02. The molecule has 0 spiro atoms. The van der Waals surface area contributed by atoms with E-state index in [9.17, 15) is 4.79 Å². The maximum absolute atomic E-state index is 11.8. The molecule has 0 amide bonds. The van der Waals surface area contributed by atoms with Crippen molar-refractivity contribution in [3.8, 4) is 0 Å². The fourth-order valence-electron chi connectivity index (χ4n) is 2.83. The van der Waals surface area contributed by atoms with Gasteiger partial charge in [-0.1, -0.05) is 12.1 Å². The summed E-state index contributed by atoms with van der Waals surface area (Å²) in [5.41, 5.74) is 2.89. The number of aromatic nitrogens is 4. The van der Waals surface area contributed by atoms with Gasteiger partial charge in [0.15, 0.2) is 5.65 Å². The number of anilines is 2. The molecule has 0 aliphatic rings. The SMILES string of the molecule is CCOC(=O)c1ccc(Nc2nc3ccccc3c3nnc(C)n23)cc1. The van der Waals surface area contributed by atoms with Gasteiger partial charge in [-0.05, 0) is 50.2 Å². The summed E-state index contributed by atoms with van der Waals surface area (Å²) >= 11 is 0. The lowest BCUT2D eigenvalue weighted by Gasteiger charge is -2.11. The third kappa shape index (κ3) is 2.73. The van der Waals surface area contributed by atoms with Crippen molar-refractivity contribution >= 4 is 34.2 Å². The van der Waals surface area contributed by atoms with E-state index < -0.39 is 0 Å². The Hall–Kier alpha value is -3.48. The first-order valence-corrected chi connectivity index (χ1v) is 8.32. The molecule has 0 aliphatic heterocycles. The Balaban J connectivity index is 1.74. The van der Waals surface area contributed by atoms with E-state index in [2.05, 4.69) is 15.5 Å². The summed E-state index contributed by atoms with van der Waals surface area (Å²) in [6, 6.07) is 14.9. The summed E-state index contributed by atoms with van der Waals surface area (Å²) in [5.74, 6) is 1.02. The van der Waals surface area contributed by atoms with Crippen LogP contribution in [0.2, 0.25) is 0 Å². The number of rotatable bonds is 4. The number of nitrogens with one attached hydrogen (secondary N) is 1. The predicted octanol–water partition coefficient (Wildman–Crippen LogP) is 3.51. The fraction of sp³-hybridized carbons (Fsp3) is 0.158. The second kappa shape index (κ2) is 6.44. The largest absolute Gasteiger partial charge is 0.462 e. The van der Waals surface area contributed by atoms with Crippen LogP contribution in [0.15, 0.2) is 48.5 Å². The van der Waals surface area contributed by atoms with E-state index >= 15 is 0 Å². The Kier molecular flexibility index (Phi) is 3.96. The third-order valence-electron chi connectivity index (χ3n) is 4.06. The maximum Gasteiger partial charge on any atom is 0.338 e. The van der Waals surface area contributed by atoms with E-state index in [0.29, 0.717) is 18.1 Å². The predicted molar refractivity (Wildman–Crippen MR) is 98.7 cm³/mol. The molecule has 0 fully saturated rings. The maximum atomic E-state index is 11.8. The number of ether oxygens (including phenoxy) is 1. The zero-order valence-electron chi connectivity index (χ0n) is 14.4. The van der Waals surface area contributed by atoms with Crippen molar-refractivity contribution in [3.05, 3.63) is 59.9 Å². The summed E-state index contributed by atoms with van der Waals surface area (Å²) in [4.78, 5) is 16.5. The molecule has 26 heavy (non-hydrogen) atoms. The third-order valence-corrected chi connectivity index (χ3v) is 4.06. The van der Waals surface area contributed by atoms with E-state index in [4.69, 9.17) is 9.72 Å². The van der Waals surface area contributed by atoms with Crippen molar-refractivity contribution in [3.63, 3.8) is 0 Å². The highest BCUT2D eigenvalue weighted by Crippen LogP contribution is 2.24. The van der Waals surface area contributed by atoms with Gasteiger partial charge >= 0.3 is 5.97 Å². The molecule has 0 unspecified atom stereocenters. The molecule has 1 N–H and O–H groups in total. The Labute approximate surface area is 149 Å². The molecule has 7 nitrogen and oxygen atoms in total. The fourth-order valence-corrected chi connectivity index (χ4v) is 2.83. The van der Waals surface area contributed by atoms with E-state index in [1.54, 1.807) is 19.1 Å². The van der Waals surface area contributed by atoms with Crippen LogP contribution in [0, 0.1) is 6.92 Å². The number of hydrogen-bond acceptors (Lipinski definition) is 6. The van der Waals surface area contributed by atoms with E-state index in [-0.39, 0.29) is 5.97 Å². The number of para-hydroxylation sites is 1. The molecule has 0 radical (unpaired) electrons. The van der Waals surface area contributed by atoms with Crippen LogP contribution in [-0.4, -0.2) is 32.2 Å². The van der Waals surface area contributed by atoms with Crippen molar-refractivity contribution in [1.82, 2.24) is 19.6 Å². The average molecular weight is 347 g/mol. The Bertz CT molecular complexity index is 1100. The lowest BCUT2D eigenvalue weighted by Crippen LogP contribution is -2.06. The highest BCUT2D eigenvalue weighted by atomic mass is 16.5. The molecule has 0 atom stereocenters. The first-order chi connectivity index (χ1) is 12.7. The highest BCUT2D eigenvalue weighted by molar-refractivity contribution is 5.93. The van der Waals surface area contributed by atoms with Crippen LogP contribution in [0.1, 0.15) is 23.1 Å². The van der Waals surface area contributed by atoms with Crippen molar-refractivity contribution in [2.45, 2.75) is 13.8 Å². The van der Waals surface area contributed by atoms with Gasteiger partial charge in [-0.2, -0.15) is 0 Å². The normalized spacial score (nSPS) is 11.0. The molecule has 2 aromatic heterocycles. The number of carbonyl (C=O) groups is 1. The average Bonchev–Trinajstić information content (AvgIpc) is 3.05. The van der Waals surface area contributed by atoms with Crippen LogP contribution < -0.4 is 5.32 Å². The topological polar surface area (TPSA) is 81.4 Å². The minimum Gasteiger partial charge on any atom is -0.462 e. The molecule has 0 bridgehead atoms. The van der Waals surface area contributed by atoms with Gasteiger partial charge in [0.05, 0.1) is 17.7 Å². The lowest BCUT2D eigenvalue weighted by atomic mass is 10.2. The second-order valence-corrected chi connectivity index (χ2v) is 5.78. The molecule has 0 aliphatic carbocycles. The first kappa shape index (κ1) is 16.0. The zero-order valence-corrected chi connectivity index (χ0v) is 14.4. The minimum atomic E-state index is -0.333. The zero-order chi connectivity index (χ0) is 18.1. The minimum absolute atomic E-state index is 0.333. The lowest BCUT2D eigenvalue weighted by molar-refractivity contribution is 0.0526. The van der Waals surface area contributed by atoms with Crippen molar-refractivity contribution in [1.29, 1.82) is 0 Å². The van der Waals surface area contributed by atoms with Crippen molar-refractivity contribution in [2.75, 3.05) is 11.9 Å². The molecule has 4 aromatic rings. The highest BCUT2D eigenvalue weighted by Gasteiger charge is 2.13. The first-order valence-electron chi connectivity index (χ1n) is 8.32. The number of aryl methyl sites for hydroxylation is 1. The molecular formula is C19H17N5O2. The number of esters is 1. The molecule has 2 heterocycles. The van der Waals surface area contributed by atoms with Crippen LogP contribution in [0.25, 0.3) is 16.6 Å². The van der Waals surface area contributed by atoms with Gasteiger partial charge in [-0.3, -0.25) is 0 Å². The smallest absolute Gasteiger partial charge is 0.338 e. The van der Waals surface area contributed by atoms with Gasteiger partial charge in [0.25, 0.3) is 0 Å². The van der Waals surface area contributed by atoms with Gasteiger partial charge in [-0.15, -0.1) is 10.2 Å². The Morgan fingerprint density at radius 3 is 2.65 bits per heavy atom. The quantitative estimate of drug-likeness (QED) is 0.569. The molecule has 2 aromatic carbocycles. The molecule has 130 valence electrons. The summed E-state index contributed by atoms with van der Waals surface area (Å²) < 4.78 is 6.88. The van der Waals surface area contributed by atoms with E-state index in [1.165, 1.54) is 0 Å². The van der Waals surface area contributed by atoms with Crippen LogP contribution in [0.4, 0.5) is 11.6 Å². The van der Waals surface area contributed by atoms with Crippen LogP contribution >= 0.6 is 0 Å². The Morgan fingerprint density at radius 1 is 1.12 bits per heavy atom. The van der Waals surface area contributed by atoms with Crippen LogP contribution in [0.5, 0.6) is 0 Å². The molecular weight excluding hydrogens is 330 g/mol. The molecule has 7 heteroatoms. The standard InChI is InChI=1S/C19H17N5O2/c1-3-26-18(25)13-8-10-14(11-9-13)20-19-21-16-7-5-4-6-15(16)17-23-22-12(2)24(17)19/h4-11H,3H2,1-2H3,(H,20,21). The summed E-state index contributed by atoms with van der Waals surface area (Å²) in [6.07, 6.45) is 0. The summed E-state index contributed by atoms with van der Waals surface area (Å²) in [5, 5.41) is 12.7. The van der Waals surface area contributed by atoms with Gasteiger partial charge in [0, 0.05) is 11.1 Å². The number of hydrogen-bond donors (Lipinski definition) is 1. The van der Waals surface area contributed by atoms with Crippen LogP contribution in [-0.2, 0) is 4.74 Å². The van der Waals surface area contributed by atoms with Gasteiger partial charge in [-0.25, -0.2) is 14.2 Å². The van der Waals surface area contributed by atoms with Gasteiger partial charge in [0.1, 0.15) is 5.82 Å². The number of fused-ring (bicyclic) bond motifs is 3. The monoisotopic (exact) mass is 347 g/mol. The Morgan fingerprint density at radius 2 is 1.88 bits per heavy atom. The van der Waals surface area contributed by atoms with E-state index in [1.807, 2.05) is 47.7 Å². The van der Waals surface area contributed by atoms with Crippen molar-refractivity contribution in [2.24, 2.45) is 0 Å². The molecule has 0 saturated heterocycles. The number of nitrogens with zero attached hydrogens (tertiary/aromatic N) is 4. The van der Waals surface area contributed by atoms with Crippen LogP contribution in [0.3, 0.4) is 0 Å². The number of benzene rings is 2. The van der Waals surface area contributed by atoms with Gasteiger partial charge < -0.3 is 10.1 Å².